The number of nitrogens with one attached hydrogen (secondary N) is 1. The van der Waals surface area contributed by atoms with E-state index in [0.29, 0.717) is 0 Å². The maximum atomic E-state index is 7.45. The molecule has 0 aromatic heterocycles. The van der Waals surface area contributed by atoms with Crippen LogP contribution in [-0.2, 0) is 5.41 Å². The van der Waals surface area contributed by atoms with Crippen LogP contribution in [-0.4, -0.2) is 12.8 Å². The predicted molar refractivity (Wildman–Crippen MR) is 86.9 cm³/mol. The lowest BCUT2D eigenvalue weighted by atomic mass is 9.83. The Balaban J connectivity index is 2.38. The molecule has 1 aliphatic rings. The van der Waals surface area contributed by atoms with Gasteiger partial charge in [0.2, 0.25) is 0 Å². The summed E-state index contributed by atoms with van der Waals surface area (Å²) in [6.45, 7) is 7.58. The smallest absolute Gasteiger partial charge is 0.0530 e. The van der Waals surface area contributed by atoms with E-state index in [1.165, 1.54) is 33.9 Å². The van der Waals surface area contributed by atoms with E-state index in [0.717, 1.165) is 6.54 Å². The molecule has 2 heteroatoms. The first-order valence-corrected chi connectivity index (χ1v) is 7.12. The fourth-order valence-electron chi connectivity index (χ4n) is 3.35. The molecule has 0 saturated carbocycles. The van der Waals surface area contributed by atoms with Crippen molar-refractivity contribution in [2.45, 2.75) is 26.2 Å². The Kier molecular flexibility index (Phi) is 2.89. The SMILES string of the molecule is CCN1/C(=C\C=N)C(C)(C)c2ccc3ccccc3c21. The zero-order chi connectivity index (χ0) is 14.3. The molecule has 0 amide bonds. The van der Waals surface area contributed by atoms with Gasteiger partial charge in [0.25, 0.3) is 0 Å². The van der Waals surface area contributed by atoms with E-state index in [9.17, 15) is 0 Å². The number of fused-ring (bicyclic) bond motifs is 3. The Hall–Kier alpha value is -2.09. The molecule has 1 N–H and O–H groups in total. The Morgan fingerprint density at radius 2 is 1.90 bits per heavy atom. The van der Waals surface area contributed by atoms with Crippen LogP contribution in [0.25, 0.3) is 10.8 Å². The third-order valence-corrected chi connectivity index (χ3v) is 4.33. The Morgan fingerprint density at radius 1 is 1.15 bits per heavy atom. The standard InChI is InChI=1S/C18H20N2/c1-4-20-16(11-12-19)18(2,3)15-10-9-13-7-5-6-8-14(13)17(15)20/h5-12,19H,4H2,1-3H3/b16-11-,19-12?. The van der Waals surface area contributed by atoms with Crippen LogP contribution in [0, 0.1) is 5.41 Å². The van der Waals surface area contributed by atoms with Gasteiger partial charge in [-0.1, -0.05) is 50.2 Å². The van der Waals surface area contributed by atoms with E-state index in [4.69, 9.17) is 5.41 Å². The minimum absolute atomic E-state index is 0.0487. The number of likely N-dealkylation sites (N-methyl/N-ethyl adjacent to an activating group) is 1. The molecule has 1 aliphatic heterocycles. The number of hydrogen-bond donors (Lipinski definition) is 1. The maximum absolute atomic E-state index is 7.45. The molecule has 20 heavy (non-hydrogen) atoms. The second-order valence-electron chi connectivity index (χ2n) is 5.77. The number of allylic oxidation sites excluding steroid dienone is 2. The molecule has 0 saturated heterocycles. The summed E-state index contributed by atoms with van der Waals surface area (Å²) < 4.78 is 0. The van der Waals surface area contributed by atoms with Crippen molar-refractivity contribution in [1.82, 2.24) is 0 Å². The summed E-state index contributed by atoms with van der Waals surface area (Å²) in [6, 6.07) is 13.0. The molecule has 0 bridgehead atoms. The van der Waals surface area contributed by atoms with Crippen LogP contribution in [0.15, 0.2) is 48.2 Å². The second-order valence-corrected chi connectivity index (χ2v) is 5.77. The van der Waals surface area contributed by atoms with Crippen LogP contribution < -0.4 is 4.90 Å². The van der Waals surface area contributed by atoms with Gasteiger partial charge >= 0.3 is 0 Å². The fourth-order valence-corrected chi connectivity index (χ4v) is 3.35. The van der Waals surface area contributed by atoms with Crippen molar-refractivity contribution in [3.05, 3.63) is 53.7 Å². The molecule has 0 radical (unpaired) electrons. The topological polar surface area (TPSA) is 27.1 Å². The van der Waals surface area contributed by atoms with Gasteiger partial charge in [0.1, 0.15) is 0 Å². The lowest BCUT2D eigenvalue weighted by Gasteiger charge is -2.25. The minimum Gasteiger partial charge on any atom is -0.344 e. The fraction of sp³-hybridized carbons (Fsp3) is 0.278. The van der Waals surface area contributed by atoms with Crippen molar-refractivity contribution in [2.24, 2.45) is 0 Å². The predicted octanol–water partition coefficient (Wildman–Crippen LogP) is 4.49. The van der Waals surface area contributed by atoms with Gasteiger partial charge in [-0.3, -0.25) is 0 Å². The van der Waals surface area contributed by atoms with Crippen LogP contribution in [0.1, 0.15) is 26.3 Å². The highest BCUT2D eigenvalue weighted by Crippen LogP contribution is 2.50. The summed E-state index contributed by atoms with van der Waals surface area (Å²) in [5.41, 5.74) is 3.82. The molecule has 2 aromatic rings. The lowest BCUT2D eigenvalue weighted by molar-refractivity contribution is 0.635. The van der Waals surface area contributed by atoms with Crippen molar-refractivity contribution < 1.29 is 0 Å². The van der Waals surface area contributed by atoms with E-state index in [1.54, 1.807) is 0 Å². The van der Waals surface area contributed by atoms with Gasteiger partial charge in [-0.2, -0.15) is 0 Å². The van der Waals surface area contributed by atoms with Crippen LogP contribution in [0.2, 0.25) is 0 Å². The first-order valence-electron chi connectivity index (χ1n) is 7.12. The highest BCUT2D eigenvalue weighted by atomic mass is 15.2. The largest absolute Gasteiger partial charge is 0.344 e. The zero-order valence-corrected chi connectivity index (χ0v) is 12.3. The van der Waals surface area contributed by atoms with E-state index < -0.39 is 0 Å². The molecule has 102 valence electrons. The van der Waals surface area contributed by atoms with Crippen LogP contribution >= 0.6 is 0 Å². The van der Waals surface area contributed by atoms with Crippen molar-refractivity contribution >= 4 is 22.7 Å². The van der Waals surface area contributed by atoms with Crippen molar-refractivity contribution in [1.29, 1.82) is 5.41 Å². The molecular weight excluding hydrogens is 244 g/mol. The van der Waals surface area contributed by atoms with Gasteiger partial charge in [-0.25, -0.2) is 0 Å². The Morgan fingerprint density at radius 3 is 2.60 bits per heavy atom. The number of nitrogens with zero attached hydrogens (tertiary/aromatic N) is 1. The molecule has 2 nitrogen and oxygen atoms in total. The van der Waals surface area contributed by atoms with Gasteiger partial charge in [0.05, 0.1) is 5.69 Å². The summed E-state index contributed by atoms with van der Waals surface area (Å²) in [4.78, 5) is 2.35. The van der Waals surface area contributed by atoms with E-state index in [1.807, 2.05) is 6.08 Å². The monoisotopic (exact) mass is 264 g/mol. The maximum Gasteiger partial charge on any atom is 0.0530 e. The summed E-state index contributed by atoms with van der Waals surface area (Å²) in [6.07, 6.45) is 3.33. The van der Waals surface area contributed by atoms with Gasteiger partial charge in [0.15, 0.2) is 0 Å². The van der Waals surface area contributed by atoms with E-state index in [-0.39, 0.29) is 5.41 Å². The average molecular weight is 264 g/mol. The molecule has 3 rings (SSSR count). The van der Waals surface area contributed by atoms with Crippen molar-refractivity contribution in [3.8, 4) is 0 Å². The number of benzene rings is 2. The normalized spacial score (nSPS) is 18.6. The van der Waals surface area contributed by atoms with Gasteiger partial charge in [-0.15, -0.1) is 0 Å². The minimum atomic E-state index is -0.0487. The summed E-state index contributed by atoms with van der Waals surface area (Å²) in [5, 5.41) is 10.0. The number of anilines is 1. The molecule has 0 aliphatic carbocycles. The molecule has 0 spiro atoms. The zero-order valence-electron chi connectivity index (χ0n) is 12.3. The number of hydrogen-bond acceptors (Lipinski definition) is 2. The molecule has 0 atom stereocenters. The van der Waals surface area contributed by atoms with Gasteiger partial charge in [0, 0.05) is 29.3 Å². The first kappa shape index (κ1) is 12.9. The first-order chi connectivity index (χ1) is 9.61. The second kappa shape index (κ2) is 4.48. The number of rotatable bonds is 2. The highest BCUT2D eigenvalue weighted by Gasteiger charge is 2.39. The Bertz CT molecular complexity index is 710. The summed E-state index contributed by atoms with van der Waals surface area (Å²) in [5.74, 6) is 0. The van der Waals surface area contributed by atoms with Crippen LogP contribution in [0.4, 0.5) is 5.69 Å². The molecule has 0 fully saturated rings. The Labute approximate surface area is 120 Å². The third kappa shape index (κ3) is 1.61. The van der Waals surface area contributed by atoms with E-state index >= 15 is 0 Å². The highest BCUT2D eigenvalue weighted by molar-refractivity contribution is 6.00. The summed E-state index contributed by atoms with van der Waals surface area (Å²) >= 11 is 0. The van der Waals surface area contributed by atoms with Crippen molar-refractivity contribution in [3.63, 3.8) is 0 Å². The third-order valence-electron chi connectivity index (χ3n) is 4.33. The van der Waals surface area contributed by atoms with Crippen LogP contribution in [0.5, 0.6) is 0 Å². The molecule has 2 aromatic carbocycles. The molecular formula is C18H20N2. The molecule has 1 heterocycles. The van der Waals surface area contributed by atoms with Gasteiger partial charge < -0.3 is 10.3 Å². The summed E-state index contributed by atoms with van der Waals surface area (Å²) in [7, 11) is 0. The molecule has 0 unspecified atom stereocenters. The quantitative estimate of drug-likeness (QED) is 0.795. The van der Waals surface area contributed by atoms with Gasteiger partial charge in [-0.05, 0) is 23.9 Å². The van der Waals surface area contributed by atoms with Crippen molar-refractivity contribution in [2.75, 3.05) is 11.4 Å². The average Bonchev–Trinajstić information content (AvgIpc) is 2.68. The lowest BCUT2D eigenvalue weighted by Crippen LogP contribution is -2.26. The van der Waals surface area contributed by atoms with E-state index in [2.05, 4.69) is 62.1 Å². The van der Waals surface area contributed by atoms with Crippen LogP contribution in [0.3, 0.4) is 0 Å².